The lowest BCUT2D eigenvalue weighted by atomic mass is 9.90. The van der Waals surface area contributed by atoms with Crippen molar-refractivity contribution in [1.29, 1.82) is 0 Å². The van der Waals surface area contributed by atoms with Gasteiger partial charge in [-0.3, -0.25) is 14.4 Å². The number of halogens is 1. The van der Waals surface area contributed by atoms with Crippen LogP contribution >= 0.6 is 15.9 Å². The number of para-hydroxylation sites is 1. The Balaban J connectivity index is 1.58. The minimum absolute atomic E-state index is 0.236. The number of hydroxylamine groups is 1. The van der Waals surface area contributed by atoms with Crippen LogP contribution in [0.25, 0.3) is 0 Å². The highest BCUT2D eigenvalue weighted by molar-refractivity contribution is 9.10. The van der Waals surface area contributed by atoms with Crippen molar-refractivity contribution >= 4 is 39.1 Å². The van der Waals surface area contributed by atoms with E-state index >= 15 is 0 Å². The molecule has 3 atom stereocenters. The summed E-state index contributed by atoms with van der Waals surface area (Å²) in [6.07, 6.45) is -0.854. The molecule has 2 fully saturated rings. The van der Waals surface area contributed by atoms with Gasteiger partial charge in [0, 0.05) is 4.47 Å². The Kier molecular flexibility index (Phi) is 4.68. The number of carbonyl (C=O) groups is 2. The molecule has 3 aromatic carbocycles. The predicted molar refractivity (Wildman–Crippen MR) is 118 cm³/mol. The number of aryl methyl sites for hydroxylation is 1. The molecule has 0 spiro atoms. The van der Waals surface area contributed by atoms with E-state index in [0.29, 0.717) is 5.69 Å². The Bertz CT molecular complexity index is 1100. The highest BCUT2D eigenvalue weighted by atomic mass is 79.9. The molecule has 2 amide bonds. The first-order chi connectivity index (χ1) is 14.5. The lowest BCUT2D eigenvalue weighted by molar-refractivity contribution is -0.126. The van der Waals surface area contributed by atoms with E-state index in [4.69, 9.17) is 4.84 Å². The summed E-state index contributed by atoms with van der Waals surface area (Å²) >= 11 is 3.46. The maximum atomic E-state index is 13.5. The van der Waals surface area contributed by atoms with Gasteiger partial charge in [0.25, 0.3) is 5.91 Å². The number of imide groups is 1. The third kappa shape index (κ3) is 3.04. The van der Waals surface area contributed by atoms with Crippen LogP contribution in [-0.4, -0.2) is 17.9 Å². The van der Waals surface area contributed by atoms with E-state index in [9.17, 15) is 9.59 Å². The molecule has 0 N–H and O–H groups in total. The van der Waals surface area contributed by atoms with Gasteiger partial charge in [-0.05, 0) is 48.9 Å². The SMILES string of the molecule is Cc1ccc(N2C(=O)[C@H]3[C@@H](ON(c4ccccc4)[C@H]3c3ccc(Br)cc3)C2=O)cc1. The zero-order valence-electron chi connectivity index (χ0n) is 16.2. The molecule has 2 aliphatic rings. The molecule has 5 rings (SSSR count). The Hall–Kier alpha value is -2.96. The van der Waals surface area contributed by atoms with Crippen LogP contribution in [0.1, 0.15) is 17.2 Å². The van der Waals surface area contributed by atoms with Crippen LogP contribution in [0.4, 0.5) is 11.4 Å². The number of hydrogen-bond acceptors (Lipinski definition) is 4. The number of hydrogen-bond donors (Lipinski definition) is 0. The zero-order chi connectivity index (χ0) is 20.8. The van der Waals surface area contributed by atoms with Gasteiger partial charge in [0.15, 0.2) is 6.10 Å². The molecule has 30 heavy (non-hydrogen) atoms. The second kappa shape index (κ2) is 7.38. The average molecular weight is 463 g/mol. The molecular weight excluding hydrogens is 444 g/mol. The maximum absolute atomic E-state index is 13.5. The molecule has 0 aromatic heterocycles. The van der Waals surface area contributed by atoms with E-state index in [1.54, 1.807) is 17.2 Å². The number of benzene rings is 3. The third-order valence-corrected chi connectivity index (χ3v) is 6.16. The Morgan fingerprint density at radius 1 is 0.800 bits per heavy atom. The molecule has 150 valence electrons. The van der Waals surface area contributed by atoms with Crippen LogP contribution in [0.5, 0.6) is 0 Å². The van der Waals surface area contributed by atoms with Crippen LogP contribution in [0.3, 0.4) is 0 Å². The average Bonchev–Trinajstić information content (AvgIpc) is 3.27. The largest absolute Gasteiger partial charge is 0.273 e. The summed E-state index contributed by atoms with van der Waals surface area (Å²) in [6.45, 7) is 1.97. The fraction of sp³-hybridized carbons (Fsp3) is 0.167. The molecule has 0 aliphatic carbocycles. The fourth-order valence-corrected chi connectivity index (χ4v) is 4.42. The quantitative estimate of drug-likeness (QED) is 0.524. The van der Waals surface area contributed by atoms with E-state index in [1.165, 1.54) is 4.90 Å². The molecule has 2 saturated heterocycles. The highest BCUT2D eigenvalue weighted by Crippen LogP contribution is 2.47. The Morgan fingerprint density at radius 2 is 1.47 bits per heavy atom. The maximum Gasteiger partial charge on any atom is 0.266 e. The van der Waals surface area contributed by atoms with Crippen molar-refractivity contribution in [2.24, 2.45) is 5.92 Å². The van der Waals surface area contributed by atoms with Crippen molar-refractivity contribution in [1.82, 2.24) is 0 Å². The standard InChI is InChI=1S/C24H19BrN2O3/c1-15-7-13-18(14-8-15)26-23(28)20-21(16-9-11-17(25)12-10-16)27(30-22(20)24(26)29)19-5-3-2-4-6-19/h2-14,20-22H,1H3/t20-,21+,22-/m1/s1. The fourth-order valence-electron chi connectivity index (χ4n) is 4.16. The third-order valence-electron chi connectivity index (χ3n) is 5.63. The zero-order valence-corrected chi connectivity index (χ0v) is 17.8. The molecule has 0 unspecified atom stereocenters. The minimum atomic E-state index is -0.854. The van der Waals surface area contributed by atoms with Gasteiger partial charge in [0.05, 0.1) is 17.4 Å². The molecule has 2 heterocycles. The van der Waals surface area contributed by atoms with E-state index in [-0.39, 0.29) is 11.8 Å². The van der Waals surface area contributed by atoms with Crippen LogP contribution in [0, 0.1) is 12.8 Å². The summed E-state index contributed by atoms with van der Waals surface area (Å²) in [5.41, 5.74) is 3.37. The topological polar surface area (TPSA) is 49.9 Å². The van der Waals surface area contributed by atoms with Crippen molar-refractivity contribution < 1.29 is 14.4 Å². The number of carbonyl (C=O) groups excluding carboxylic acids is 2. The smallest absolute Gasteiger partial charge is 0.266 e. The lowest BCUT2D eigenvalue weighted by Crippen LogP contribution is -2.37. The Labute approximate surface area is 183 Å². The van der Waals surface area contributed by atoms with Gasteiger partial charge in [-0.2, -0.15) is 0 Å². The van der Waals surface area contributed by atoms with E-state index in [1.807, 2.05) is 73.7 Å². The molecule has 0 radical (unpaired) electrons. The first-order valence-electron chi connectivity index (χ1n) is 9.75. The summed E-state index contributed by atoms with van der Waals surface area (Å²) < 4.78 is 0.947. The summed E-state index contributed by atoms with van der Waals surface area (Å²) in [5.74, 6) is -1.19. The van der Waals surface area contributed by atoms with Crippen molar-refractivity contribution in [3.8, 4) is 0 Å². The number of amides is 2. The first kappa shape index (κ1) is 19.0. The molecule has 0 saturated carbocycles. The summed E-state index contributed by atoms with van der Waals surface area (Å²) in [4.78, 5) is 34.1. The predicted octanol–water partition coefficient (Wildman–Crippen LogP) is 4.81. The van der Waals surface area contributed by atoms with E-state index < -0.39 is 18.1 Å². The summed E-state index contributed by atoms with van der Waals surface area (Å²) in [6, 6.07) is 24.4. The second-order valence-corrected chi connectivity index (χ2v) is 8.47. The molecule has 2 aliphatic heterocycles. The normalized spacial score (nSPS) is 23.2. The Morgan fingerprint density at radius 3 is 2.13 bits per heavy atom. The van der Waals surface area contributed by atoms with Crippen molar-refractivity contribution in [2.45, 2.75) is 19.1 Å². The van der Waals surface area contributed by atoms with E-state index in [2.05, 4.69) is 15.9 Å². The number of rotatable bonds is 3. The molecule has 5 nitrogen and oxygen atoms in total. The molecule has 0 bridgehead atoms. The van der Waals surface area contributed by atoms with Gasteiger partial charge in [0.1, 0.15) is 5.92 Å². The monoisotopic (exact) mass is 462 g/mol. The number of anilines is 2. The van der Waals surface area contributed by atoms with Gasteiger partial charge < -0.3 is 0 Å². The van der Waals surface area contributed by atoms with Gasteiger partial charge in [-0.1, -0.05) is 64.0 Å². The highest BCUT2D eigenvalue weighted by Gasteiger charge is 2.60. The minimum Gasteiger partial charge on any atom is -0.273 e. The lowest BCUT2D eigenvalue weighted by Gasteiger charge is -2.28. The molecular formula is C24H19BrN2O3. The second-order valence-electron chi connectivity index (χ2n) is 7.56. The van der Waals surface area contributed by atoms with Crippen LogP contribution in [0.2, 0.25) is 0 Å². The summed E-state index contributed by atoms with van der Waals surface area (Å²) in [7, 11) is 0. The van der Waals surface area contributed by atoms with Crippen LogP contribution in [0.15, 0.2) is 83.3 Å². The first-order valence-corrected chi connectivity index (χ1v) is 10.5. The van der Waals surface area contributed by atoms with Gasteiger partial charge in [-0.15, -0.1) is 0 Å². The summed E-state index contributed by atoms with van der Waals surface area (Å²) in [5, 5.41) is 1.71. The van der Waals surface area contributed by atoms with Gasteiger partial charge in [-0.25, -0.2) is 9.96 Å². The van der Waals surface area contributed by atoms with Crippen molar-refractivity contribution in [3.63, 3.8) is 0 Å². The van der Waals surface area contributed by atoms with Gasteiger partial charge >= 0.3 is 0 Å². The van der Waals surface area contributed by atoms with E-state index in [0.717, 1.165) is 21.3 Å². The number of fused-ring (bicyclic) bond motifs is 1. The van der Waals surface area contributed by atoms with Crippen molar-refractivity contribution in [2.75, 3.05) is 9.96 Å². The van der Waals surface area contributed by atoms with Crippen molar-refractivity contribution in [3.05, 3.63) is 94.5 Å². The van der Waals surface area contributed by atoms with Gasteiger partial charge in [0.2, 0.25) is 5.91 Å². The van der Waals surface area contributed by atoms with Crippen LogP contribution < -0.4 is 9.96 Å². The van der Waals surface area contributed by atoms with Crippen LogP contribution in [-0.2, 0) is 14.4 Å². The molecule has 3 aromatic rings. The number of nitrogens with zero attached hydrogens (tertiary/aromatic N) is 2. The molecule has 6 heteroatoms.